The van der Waals surface area contributed by atoms with E-state index in [0.717, 1.165) is 40.3 Å². The summed E-state index contributed by atoms with van der Waals surface area (Å²) in [6.45, 7) is 6.39. The highest BCUT2D eigenvalue weighted by atomic mass is 35.5. The molecule has 1 aromatic heterocycles. The summed E-state index contributed by atoms with van der Waals surface area (Å²) in [5.74, 6) is 0. The normalized spacial score (nSPS) is 10.9. The maximum Gasteiger partial charge on any atom is 0.0710 e. The van der Waals surface area contributed by atoms with Gasteiger partial charge in [0.25, 0.3) is 0 Å². The van der Waals surface area contributed by atoms with E-state index in [9.17, 15) is 0 Å². The first-order chi connectivity index (χ1) is 10.7. The van der Waals surface area contributed by atoms with E-state index in [-0.39, 0.29) is 0 Å². The number of fused-ring (bicyclic) bond motifs is 1. The standard InChI is InChI=1S/C19H19ClN2/c1-3-22(4-2)17-9-5-14(6-10-17)18-11-7-15-13-16(20)8-12-19(15)21-18/h5-13H,3-4H2,1-2H3. The van der Waals surface area contributed by atoms with Gasteiger partial charge in [-0.05, 0) is 50.2 Å². The molecule has 0 aliphatic rings. The minimum absolute atomic E-state index is 0.741. The molecular formula is C19H19ClN2. The molecule has 2 aromatic carbocycles. The molecule has 0 aliphatic carbocycles. The fourth-order valence-corrected chi connectivity index (χ4v) is 2.87. The number of rotatable bonds is 4. The van der Waals surface area contributed by atoms with Crippen molar-refractivity contribution in [3.05, 3.63) is 59.6 Å². The fourth-order valence-electron chi connectivity index (χ4n) is 2.69. The average Bonchev–Trinajstić information content (AvgIpc) is 2.56. The molecule has 2 nitrogen and oxygen atoms in total. The third kappa shape index (κ3) is 2.93. The first kappa shape index (κ1) is 14.9. The maximum atomic E-state index is 6.02. The second-order valence-corrected chi connectivity index (χ2v) is 5.69. The van der Waals surface area contributed by atoms with Crippen molar-refractivity contribution in [3.63, 3.8) is 0 Å². The number of pyridine rings is 1. The van der Waals surface area contributed by atoms with Gasteiger partial charge in [0.15, 0.2) is 0 Å². The Morgan fingerprint density at radius 1 is 0.909 bits per heavy atom. The molecule has 0 unspecified atom stereocenters. The zero-order valence-corrected chi connectivity index (χ0v) is 13.6. The number of hydrogen-bond acceptors (Lipinski definition) is 2. The summed E-state index contributed by atoms with van der Waals surface area (Å²) < 4.78 is 0. The first-order valence-corrected chi connectivity index (χ1v) is 8.00. The molecule has 112 valence electrons. The Labute approximate surface area is 136 Å². The second-order valence-electron chi connectivity index (χ2n) is 5.25. The fraction of sp³-hybridized carbons (Fsp3) is 0.211. The molecule has 0 spiro atoms. The summed E-state index contributed by atoms with van der Waals surface area (Å²) in [4.78, 5) is 7.06. The van der Waals surface area contributed by atoms with Crippen LogP contribution in [0.5, 0.6) is 0 Å². The summed E-state index contributed by atoms with van der Waals surface area (Å²) in [6.07, 6.45) is 0. The van der Waals surface area contributed by atoms with Crippen molar-refractivity contribution in [2.24, 2.45) is 0 Å². The van der Waals surface area contributed by atoms with Crippen molar-refractivity contribution in [1.29, 1.82) is 0 Å². The number of hydrogen-bond donors (Lipinski definition) is 0. The molecule has 3 rings (SSSR count). The topological polar surface area (TPSA) is 16.1 Å². The molecule has 0 fully saturated rings. The predicted octanol–water partition coefficient (Wildman–Crippen LogP) is 5.40. The van der Waals surface area contributed by atoms with Crippen molar-refractivity contribution in [2.45, 2.75) is 13.8 Å². The van der Waals surface area contributed by atoms with Gasteiger partial charge in [-0.25, -0.2) is 4.98 Å². The van der Waals surface area contributed by atoms with E-state index in [1.165, 1.54) is 5.69 Å². The molecule has 0 radical (unpaired) electrons. The van der Waals surface area contributed by atoms with Crippen LogP contribution in [-0.4, -0.2) is 18.1 Å². The molecule has 3 aromatic rings. The van der Waals surface area contributed by atoms with Gasteiger partial charge in [0, 0.05) is 34.7 Å². The lowest BCUT2D eigenvalue weighted by molar-refractivity contribution is 0.866. The number of benzene rings is 2. The Balaban J connectivity index is 1.95. The van der Waals surface area contributed by atoms with Crippen molar-refractivity contribution < 1.29 is 0 Å². The van der Waals surface area contributed by atoms with Crippen molar-refractivity contribution in [1.82, 2.24) is 4.98 Å². The summed E-state index contributed by atoms with van der Waals surface area (Å²) in [5.41, 5.74) is 4.34. The monoisotopic (exact) mass is 310 g/mol. The van der Waals surface area contributed by atoms with Gasteiger partial charge in [-0.1, -0.05) is 29.8 Å². The largest absolute Gasteiger partial charge is 0.372 e. The molecule has 0 atom stereocenters. The molecule has 3 heteroatoms. The van der Waals surface area contributed by atoms with Crippen molar-refractivity contribution in [2.75, 3.05) is 18.0 Å². The summed E-state index contributed by atoms with van der Waals surface area (Å²) >= 11 is 6.02. The highest BCUT2D eigenvalue weighted by Gasteiger charge is 2.05. The minimum atomic E-state index is 0.741. The Bertz CT molecular complexity index is 777. The van der Waals surface area contributed by atoms with Crippen LogP contribution in [0, 0.1) is 0 Å². The smallest absolute Gasteiger partial charge is 0.0710 e. The van der Waals surface area contributed by atoms with Gasteiger partial charge in [0.2, 0.25) is 0 Å². The van der Waals surface area contributed by atoms with Crippen molar-refractivity contribution >= 4 is 28.2 Å². The van der Waals surface area contributed by atoms with E-state index >= 15 is 0 Å². The highest BCUT2D eigenvalue weighted by Crippen LogP contribution is 2.25. The molecule has 0 N–H and O–H groups in total. The van der Waals surface area contributed by atoms with E-state index in [1.54, 1.807) is 0 Å². The van der Waals surface area contributed by atoms with E-state index < -0.39 is 0 Å². The quantitative estimate of drug-likeness (QED) is 0.641. The van der Waals surface area contributed by atoms with Crippen molar-refractivity contribution in [3.8, 4) is 11.3 Å². The van der Waals surface area contributed by atoms with Gasteiger partial charge in [0.05, 0.1) is 11.2 Å². The third-order valence-electron chi connectivity index (χ3n) is 3.94. The molecule has 0 saturated heterocycles. The highest BCUT2D eigenvalue weighted by molar-refractivity contribution is 6.31. The van der Waals surface area contributed by atoms with Crippen LogP contribution < -0.4 is 4.90 Å². The first-order valence-electron chi connectivity index (χ1n) is 7.63. The molecule has 22 heavy (non-hydrogen) atoms. The van der Waals surface area contributed by atoms with Crippen LogP contribution in [0.2, 0.25) is 5.02 Å². The molecule has 1 heterocycles. The number of halogens is 1. The van der Waals surface area contributed by atoms with E-state index in [0.29, 0.717) is 0 Å². The van der Waals surface area contributed by atoms with Gasteiger partial charge < -0.3 is 4.90 Å². The molecule has 0 saturated carbocycles. The summed E-state index contributed by atoms with van der Waals surface area (Å²) in [6, 6.07) is 18.5. The number of aromatic nitrogens is 1. The van der Waals surface area contributed by atoms with E-state index in [2.05, 4.69) is 49.1 Å². The van der Waals surface area contributed by atoms with Crippen LogP contribution in [-0.2, 0) is 0 Å². The Morgan fingerprint density at radius 3 is 2.32 bits per heavy atom. The lowest BCUT2D eigenvalue weighted by Gasteiger charge is -2.21. The van der Waals surface area contributed by atoms with Crippen LogP contribution in [0.15, 0.2) is 54.6 Å². The zero-order chi connectivity index (χ0) is 15.5. The summed E-state index contributed by atoms with van der Waals surface area (Å²) in [7, 11) is 0. The van der Waals surface area contributed by atoms with Gasteiger partial charge in [0.1, 0.15) is 0 Å². The van der Waals surface area contributed by atoms with Crippen LogP contribution in [0.3, 0.4) is 0 Å². The molecule has 0 amide bonds. The molecule has 0 bridgehead atoms. The maximum absolute atomic E-state index is 6.02. The van der Waals surface area contributed by atoms with Gasteiger partial charge in [-0.3, -0.25) is 0 Å². The van der Waals surface area contributed by atoms with Gasteiger partial charge in [-0.2, -0.15) is 0 Å². The lowest BCUT2D eigenvalue weighted by atomic mass is 10.1. The Kier molecular flexibility index (Phi) is 4.30. The third-order valence-corrected chi connectivity index (χ3v) is 4.18. The SMILES string of the molecule is CCN(CC)c1ccc(-c2ccc3cc(Cl)ccc3n2)cc1. The predicted molar refractivity (Wildman–Crippen MR) is 95.8 cm³/mol. The Hall–Kier alpha value is -2.06. The second kappa shape index (κ2) is 6.37. The number of nitrogens with zero attached hydrogens (tertiary/aromatic N) is 2. The number of anilines is 1. The Morgan fingerprint density at radius 2 is 1.64 bits per heavy atom. The van der Waals surface area contributed by atoms with Crippen LogP contribution >= 0.6 is 11.6 Å². The average molecular weight is 311 g/mol. The van der Waals surface area contributed by atoms with Crippen LogP contribution in [0.25, 0.3) is 22.2 Å². The van der Waals surface area contributed by atoms with Crippen LogP contribution in [0.4, 0.5) is 5.69 Å². The lowest BCUT2D eigenvalue weighted by Crippen LogP contribution is -2.21. The van der Waals surface area contributed by atoms with Gasteiger partial charge >= 0.3 is 0 Å². The minimum Gasteiger partial charge on any atom is -0.372 e. The van der Waals surface area contributed by atoms with Gasteiger partial charge in [-0.15, -0.1) is 0 Å². The van der Waals surface area contributed by atoms with Crippen LogP contribution in [0.1, 0.15) is 13.8 Å². The summed E-state index contributed by atoms with van der Waals surface area (Å²) in [5, 5.41) is 1.81. The van der Waals surface area contributed by atoms with E-state index in [4.69, 9.17) is 16.6 Å². The zero-order valence-electron chi connectivity index (χ0n) is 12.9. The molecule has 0 aliphatic heterocycles. The van der Waals surface area contributed by atoms with E-state index in [1.807, 2.05) is 24.3 Å². The molecular weight excluding hydrogens is 292 g/mol.